The van der Waals surface area contributed by atoms with Crippen molar-refractivity contribution in [2.45, 2.75) is 31.3 Å². The average molecular weight is 262 g/mol. The van der Waals surface area contributed by atoms with E-state index in [1.165, 1.54) is 24.0 Å². The number of benzene rings is 1. The number of hydrogen-bond acceptors (Lipinski definition) is 2. The Hall–Kier alpha value is -1.25. The highest BCUT2D eigenvalue weighted by atomic mass is 35.5. The van der Waals surface area contributed by atoms with E-state index in [-0.39, 0.29) is 0 Å². The molecular weight excluding hydrogens is 246 g/mol. The zero-order chi connectivity index (χ0) is 12.4. The zero-order valence-electron chi connectivity index (χ0n) is 10.1. The molecule has 0 spiro atoms. The van der Waals surface area contributed by atoms with Crippen LogP contribution in [0.1, 0.15) is 29.9 Å². The van der Waals surface area contributed by atoms with Crippen LogP contribution in [0.25, 0.3) is 0 Å². The second kappa shape index (κ2) is 5.17. The van der Waals surface area contributed by atoms with Gasteiger partial charge in [0.05, 0.1) is 12.5 Å². The van der Waals surface area contributed by atoms with E-state index in [0.29, 0.717) is 12.0 Å². The molecule has 1 heterocycles. The van der Waals surface area contributed by atoms with Gasteiger partial charge in [-0.05, 0) is 42.5 Å². The summed E-state index contributed by atoms with van der Waals surface area (Å²) in [5.74, 6) is 0.658. The highest BCUT2D eigenvalue weighted by Gasteiger charge is 2.29. The van der Waals surface area contributed by atoms with Gasteiger partial charge in [0.15, 0.2) is 0 Å². The van der Waals surface area contributed by atoms with Crippen LogP contribution >= 0.6 is 11.6 Å². The van der Waals surface area contributed by atoms with E-state index < -0.39 is 0 Å². The van der Waals surface area contributed by atoms with Gasteiger partial charge >= 0.3 is 0 Å². The normalized spacial score (nSPS) is 22.7. The summed E-state index contributed by atoms with van der Waals surface area (Å²) in [6.45, 7) is 0.892. The van der Waals surface area contributed by atoms with Crippen molar-refractivity contribution in [2.75, 3.05) is 0 Å². The van der Waals surface area contributed by atoms with Crippen molar-refractivity contribution >= 4 is 11.6 Å². The Labute approximate surface area is 112 Å². The molecule has 0 aliphatic heterocycles. The van der Waals surface area contributed by atoms with Crippen molar-refractivity contribution < 1.29 is 4.42 Å². The largest absolute Gasteiger partial charge is 0.472 e. The summed E-state index contributed by atoms with van der Waals surface area (Å²) in [7, 11) is 0. The predicted molar refractivity (Wildman–Crippen MR) is 72.8 cm³/mol. The molecule has 1 aliphatic rings. The van der Waals surface area contributed by atoms with Crippen molar-refractivity contribution in [3.63, 3.8) is 0 Å². The summed E-state index contributed by atoms with van der Waals surface area (Å²) in [5, 5.41) is 4.38. The second-order valence-corrected chi connectivity index (χ2v) is 5.37. The fourth-order valence-corrected chi connectivity index (χ4v) is 2.67. The molecule has 0 unspecified atom stereocenters. The quantitative estimate of drug-likeness (QED) is 0.901. The van der Waals surface area contributed by atoms with Crippen LogP contribution in [0.2, 0.25) is 5.02 Å². The van der Waals surface area contributed by atoms with Gasteiger partial charge in [-0.25, -0.2) is 0 Å². The van der Waals surface area contributed by atoms with Crippen LogP contribution in [0.4, 0.5) is 0 Å². The SMILES string of the molecule is Clc1cccc(C2CC(NCc3ccoc3)C2)c1. The third-order valence-electron chi connectivity index (χ3n) is 3.63. The smallest absolute Gasteiger partial charge is 0.0947 e. The van der Waals surface area contributed by atoms with Crippen molar-refractivity contribution in [2.24, 2.45) is 0 Å². The molecule has 1 fully saturated rings. The van der Waals surface area contributed by atoms with E-state index in [1.54, 1.807) is 12.5 Å². The molecule has 3 rings (SSSR count). The number of furan rings is 1. The Morgan fingerprint density at radius 1 is 1.28 bits per heavy atom. The fourth-order valence-electron chi connectivity index (χ4n) is 2.47. The summed E-state index contributed by atoms with van der Waals surface area (Å²) >= 11 is 6.01. The van der Waals surface area contributed by atoms with Gasteiger partial charge in [0.25, 0.3) is 0 Å². The first-order valence-electron chi connectivity index (χ1n) is 6.31. The van der Waals surface area contributed by atoms with Crippen LogP contribution in [0.15, 0.2) is 47.3 Å². The predicted octanol–water partition coefficient (Wildman–Crippen LogP) is 3.97. The van der Waals surface area contributed by atoms with Crippen molar-refractivity contribution in [1.29, 1.82) is 0 Å². The van der Waals surface area contributed by atoms with E-state index in [0.717, 1.165) is 11.6 Å². The molecule has 0 amide bonds. The molecule has 1 aromatic heterocycles. The Morgan fingerprint density at radius 3 is 2.89 bits per heavy atom. The summed E-state index contributed by atoms with van der Waals surface area (Å²) in [4.78, 5) is 0. The Bertz CT molecular complexity index is 503. The van der Waals surface area contributed by atoms with Gasteiger partial charge in [-0.1, -0.05) is 23.7 Å². The van der Waals surface area contributed by atoms with Gasteiger partial charge < -0.3 is 9.73 Å². The first kappa shape index (κ1) is 11.8. The van der Waals surface area contributed by atoms with Gasteiger partial charge in [-0.3, -0.25) is 0 Å². The first-order valence-corrected chi connectivity index (χ1v) is 6.69. The lowest BCUT2D eigenvalue weighted by Gasteiger charge is -2.36. The molecule has 0 bridgehead atoms. The maximum Gasteiger partial charge on any atom is 0.0947 e. The molecule has 1 aliphatic carbocycles. The molecule has 1 aromatic carbocycles. The molecule has 1 saturated carbocycles. The maximum atomic E-state index is 6.01. The second-order valence-electron chi connectivity index (χ2n) is 4.93. The van der Waals surface area contributed by atoms with Gasteiger partial charge in [0, 0.05) is 23.2 Å². The van der Waals surface area contributed by atoms with Crippen LogP contribution < -0.4 is 5.32 Å². The highest BCUT2D eigenvalue weighted by Crippen LogP contribution is 2.37. The van der Waals surface area contributed by atoms with Crippen LogP contribution in [0.5, 0.6) is 0 Å². The molecule has 2 aromatic rings. The standard InChI is InChI=1S/C15H16ClNO/c16-14-3-1-2-12(6-14)13-7-15(8-13)17-9-11-4-5-18-10-11/h1-6,10,13,15,17H,7-9H2. The molecule has 0 atom stereocenters. The van der Waals surface area contributed by atoms with Crippen molar-refractivity contribution in [3.8, 4) is 0 Å². The van der Waals surface area contributed by atoms with Crippen LogP contribution in [-0.4, -0.2) is 6.04 Å². The Balaban J connectivity index is 1.48. The lowest BCUT2D eigenvalue weighted by molar-refractivity contribution is 0.289. The highest BCUT2D eigenvalue weighted by molar-refractivity contribution is 6.30. The monoisotopic (exact) mass is 261 g/mol. The summed E-state index contributed by atoms with van der Waals surface area (Å²) in [6, 6.07) is 10.8. The zero-order valence-corrected chi connectivity index (χ0v) is 10.9. The number of nitrogens with one attached hydrogen (secondary N) is 1. The van der Waals surface area contributed by atoms with Crippen LogP contribution in [0.3, 0.4) is 0 Å². The minimum Gasteiger partial charge on any atom is -0.472 e. The number of halogens is 1. The molecule has 2 nitrogen and oxygen atoms in total. The van der Waals surface area contributed by atoms with E-state index >= 15 is 0 Å². The minimum absolute atomic E-state index is 0.615. The van der Waals surface area contributed by atoms with Gasteiger partial charge in [0.1, 0.15) is 0 Å². The molecular formula is C15H16ClNO. The Kier molecular flexibility index (Phi) is 3.39. The van der Waals surface area contributed by atoms with Gasteiger partial charge in [-0.15, -0.1) is 0 Å². The molecule has 18 heavy (non-hydrogen) atoms. The average Bonchev–Trinajstić information content (AvgIpc) is 2.80. The third kappa shape index (κ3) is 2.60. The van der Waals surface area contributed by atoms with E-state index in [1.807, 2.05) is 18.2 Å². The van der Waals surface area contributed by atoms with Crippen LogP contribution in [-0.2, 0) is 6.54 Å². The van der Waals surface area contributed by atoms with Crippen molar-refractivity contribution in [3.05, 3.63) is 59.0 Å². The summed E-state index contributed by atoms with van der Waals surface area (Å²) in [5.41, 5.74) is 2.57. The van der Waals surface area contributed by atoms with E-state index in [9.17, 15) is 0 Å². The molecule has 1 N–H and O–H groups in total. The Morgan fingerprint density at radius 2 is 2.17 bits per heavy atom. The topological polar surface area (TPSA) is 25.2 Å². The number of rotatable bonds is 4. The van der Waals surface area contributed by atoms with E-state index in [4.69, 9.17) is 16.0 Å². The molecule has 3 heteroatoms. The van der Waals surface area contributed by atoms with E-state index in [2.05, 4.69) is 17.4 Å². The number of hydrogen-bond donors (Lipinski definition) is 1. The van der Waals surface area contributed by atoms with Gasteiger partial charge in [-0.2, -0.15) is 0 Å². The molecule has 0 saturated heterocycles. The minimum atomic E-state index is 0.615. The molecule has 94 valence electrons. The summed E-state index contributed by atoms with van der Waals surface area (Å²) < 4.78 is 5.05. The first-order chi connectivity index (χ1) is 8.81. The molecule has 0 radical (unpaired) electrons. The summed E-state index contributed by atoms with van der Waals surface area (Å²) in [6.07, 6.45) is 5.89. The van der Waals surface area contributed by atoms with Crippen molar-refractivity contribution in [1.82, 2.24) is 5.32 Å². The lowest BCUT2D eigenvalue weighted by Crippen LogP contribution is -2.39. The van der Waals surface area contributed by atoms with Crippen LogP contribution in [0, 0.1) is 0 Å². The maximum absolute atomic E-state index is 6.01. The lowest BCUT2D eigenvalue weighted by atomic mass is 9.76. The fraction of sp³-hybridized carbons (Fsp3) is 0.333. The third-order valence-corrected chi connectivity index (χ3v) is 3.87. The van der Waals surface area contributed by atoms with Gasteiger partial charge in [0.2, 0.25) is 0 Å².